The molecule has 0 fully saturated rings. The van der Waals surface area contributed by atoms with Gasteiger partial charge in [0.25, 0.3) is 5.91 Å². The average Bonchev–Trinajstić information content (AvgIpc) is 2.76. The van der Waals surface area contributed by atoms with Crippen LogP contribution in [0.4, 0.5) is 28.8 Å². The summed E-state index contributed by atoms with van der Waals surface area (Å²) in [7, 11) is -2.09. The fourth-order valence-corrected chi connectivity index (χ4v) is 3.49. The summed E-state index contributed by atoms with van der Waals surface area (Å²) in [5.41, 5.74) is 7.28. The molecule has 1 aromatic heterocycles. The predicted molar refractivity (Wildman–Crippen MR) is 131 cm³/mol. The van der Waals surface area contributed by atoms with Crippen molar-refractivity contribution in [2.45, 2.75) is 6.92 Å². The minimum Gasteiger partial charge on any atom is -0.497 e. The largest absolute Gasteiger partial charge is 0.497 e. The molecule has 0 spiro atoms. The molecule has 0 saturated heterocycles. The number of methoxy groups -OCH3 is 1. The zero-order valence-corrected chi connectivity index (χ0v) is 20.1. The van der Waals surface area contributed by atoms with Crippen LogP contribution in [0.2, 0.25) is 5.02 Å². The van der Waals surface area contributed by atoms with Crippen molar-refractivity contribution in [3.63, 3.8) is 0 Å². The molecule has 34 heavy (non-hydrogen) atoms. The van der Waals surface area contributed by atoms with E-state index in [-0.39, 0.29) is 29.1 Å². The van der Waals surface area contributed by atoms with Crippen molar-refractivity contribution >= 4 is 56.4 Å². The Labute approximate surface area is 201 Å². The Kier molecular flexibility index (Phi) is 7.64. The van der Waals surface area contributed by atoms with Crippen LogP contribution in [0.25, 0.3) is 0 Å². The highest BCUT2D eigenvalue weighted by atomic mass is 35.5. The van der Waals surface area contributed by atoms with E-state index < -0.39 is 15.9 Å². The molecule has 0 saturated carbocycles. The summed E-state index contributed by atoms with van der Waals surface area (Å²) < 4.78 is 36.5. The fourth-order valence-electron chi connectivity index (χ4n) is 2.79. The van der Waals surface area contributed by atoms with Gasteiger partial charge in [-0.3, -0.25) is 9.52 Å². The van der Waals surface area contributed by atoms with E-state index in [4.69, 9.17) is 26.8 Å². The Balaban J connectivity index is 1.88. The highest BCUT2D eigenvalue weighted by Crippen LogP contribution is 2.33. The third-order valence-corrected chi connectivity index (χ3v) is 5.22. The number of ether oxygens (including phenoxy) is 2. The normalized spacial score (nSPS) is 10.9. The molecule has 0 aliphatic heterocycles. The van der Waals surface area contributed by atoms with Crippen LogP contribution in [0.15, 0.2) is 42.6 Å². The molecule has 0 radical (unpaired) electrons. The number of sulfonamides is 1. The molecule has 180 valence electrons. The summed E-state index contributed by atoms with van der Waals surface area (Å²) in [5.74, 6) is 0.763. The number of primary amides is 1. The number of nitrogens with two attached hydrogens (primary N) is 1. The van der Waals surface area contributed by atoms with Crippen molar-refractivity contribution in [1.29, 1.82) is 0 Å². The molecule has 5 N–H and O–H groups in total. The van der Waals surface area contributed by atoms with Crippen LogP contribution in [0.5, 0.6) is 11.5 Å². The lowest BCUT2D eigenvalue weighted by molar-refractivity contribution is -0.119. The Hall–Kier alpha value is -3.77. The van der Waals surface area contributed by atoms with Gasteiger partial charge in [-0.25, -0.2) is 13.4 Å². The second kappa shape index (κ2) is 10.4. The number of hydrogen-bond acceptors (Lipinski definition) is 9. The zero-order valence-electron chi connectivity index (χ0n) is 18.5. The van der Waals surface area contributed by atoms with Crippen LogP contribution in [-0.2, 0) is 14.8 Å². The number of aryl methyl sites for hydroxylation is 1. The number of rotatable bonds is 10. The Morgan fingerprint density at radius 3 is 2.47 bits per heavy atom. The molecule has 3 aromatic rings. The topological polar surface area (TPSA) is 158 Å². The summed E-state index contributed by atoms with van der Waals surface area (Å²) in [6.07, 6.45) is 2.44. The summed E-state index contributed by atoms with van der Waals surface area (Å²) in [6.45, 7) is 1.62. The van der Waals surface area contributed by atoms with Crippen molar-refractivity contribution in [3.8, 4) is 11.5 Å². The van der Waals surface area contributed by atoms with Crippen LogP contribution < -0.4 is 30.6 Å². The summed E-state index contributed by atoms with van der Waals surface area (Å²) in [6, 6.07) is 10.00. The molecule has 0 aliphatic rings. The van der Waals surface area contributed by atoms with E-state index in [0.717, 1.165) is 11.8 Å². The number of anilines is 5. The second-order valence-corrected chi connectivity index (χ2v) is 9.31. The van der Waals surface area contributed by atoms with Crippen molar-refractivity contribution in [2.75, 3.05) is 35.3 Å². The summed E-state index contributed by atoms with van der Waals surface area (Å²) >= 11 is 6.28. The van der Waals surface area contributed by atoms with Crippen LogP contribution in [0, 0.1) is 6.92 Å². The highest BCUT2D eigenvalue weighted by Gasteiger charge is 2.13. The Bertz CT molecular complexity index is 1320. The van der Waals surface area contributed by atoms with Gasteiger partial charge in [0.1, 0.15) is 16.5 Å². The highest BCUT2D eigenvalue weighted by molar-refractivity contribution is 7.92. The lowest BCUT2D eigenvalue weighted by Gasteiger charge is -2.16. The molecule has 0 atom stereocenters. The van der Waals surface area contributed by atoms with Crippen molar-refractivity contribution in [1.82, 2.24) is 9.97 Å². The zero-order chi connectivity index (χ0) is 24.9. The van der Waals surface area contributed by atoms with Crippen LogP contribution in [-0.4, -0.2) is 44.3 Å². The van der Waals surface area contributed by atoms with Crippen LogP contribution in [0.3, 0.4) is 0 Å². The monoisotopic (exact) mass is 506 g/mol. The SMILES string of the molecule is COc1ccc(Nc2nc(Nc3cc(OCC(N)=O)ccc3C)ncc2Cl)c(NS(C)(=O)=O)c1. The minimum absolute atomic E-state index is 0.210. The molecule has 3 rings (SSSR count). The Morgan fingerprint density at radius 1 is 1.09 bits per heavy atom. The van der Waals surface area contributed by atoms with E-state index in [1.54, 1.807) is 30.3 Å². The van der Waals surface area contributed by atoms with Gasteiger partial charge in [-0.05, 0) is 30.7 Å². The molecule has 13 heteroatoms. The smallest absolute Gasteiger partial charge is 0.255 e. The van der Waals surface area contributed by atoms with Gasteiger partial charge < -0.3 is 25.8 Å². The maximum atomic E-state index is 11.8. The number of amides is 1. The minimum atomic E-state index is -3.56. The van der Waals surface area contributed by atoms with E-state index in [0.29, 0.717) is 22.9 Å². The summed E-state index contributed by atoms with van der Waals surface area (Å²) in [4.78, 5) is 19.6. The Morgan fingerprint density at radius 2 is 1.79 bits per heavy atom. The van der Waals surface area contributed by atoms with Gasteiger partial charge >= 0.3 is 0 Å². The molecular weight excluding hydrogens is 484 g/mol. The van der Waals surface area contributed by atoms with E-state index in [2.05, 4.69) is 25.3 Å². The molecule has 11 nitrogen and oxygen atoms in total. The third kappa shape index (κ3) is 6.86. The molecular formula is C21H23ClN6O5S. The lowest BCUT2D eigenvalue weighted by atomic mass is 10.2. The second-order valence-electron chi connectivity index (χ2n) is 7.16. The van der Waals surface area contributed by atoms with E-state index >= 15 is 0 Å². The van der Waals surface area contributed by atoms with Gasteiger partial charge in [0.2, 0.25) is 16.0 Å². The number of aromatic nitrogens is 2. The van der Waals surface area contributed by atoms with Gasteiger partial charge in [-0.15, -0.1) is 0 Å². The first-order valence-electron chi connectivity index (χ1n) is 9.78. The van der Waals surface area contributed by atoms with Crippen molar-refractivity contribution in [2.24, 2.45) is 5.73 Å². The maximum Gasteiger partial charge on any atom is 0.255 e. The van der Waals surface area contributed by atoms with Gasteiger partial charge in [0.15, 0.2) is 12.4 Å². The number of benzene rings is 2. The average molecular weight is 507 g/mol. The van der Waals surface area contributed by atoms with Crippen LogP contribution in [0.1, 0.15) is 5.56 Å². The van der Waals surface area contributed by atoms with Gasteiger partial charge in [0.05, 0.1) is 30.9 Å². The van der Waals surface area contributed by atoms with Gasteiger partial charge in [-0.2, -0.15) is 4.98 Å². The van der Waals surface area contributed by atoms with E-state index in [1.165, 1.54) is 19.4 Å². The summed E-state index contributed by atoms with van der Waals surface area (Å²) in [5, 5.41) is 6.30. The number of nitrogens with zero attached hydrogens (tertiary/aromatic N) is 2. The van der Waals surface area contributed by atoms with Crippen molar-refractivity contribution < 1.29 is 22.7 Å². The first-order chi connectivity index (χ1) is 16.0. The molecule has 2 aromatic carbocycles. The number of halogens is 1. The lowest BCUT2D eigenvalue weighted by Crippen LogP contribution is -2.20. The van der Waals surface area contributed by atoms with E-state index in [9.17, 15) is 13.2 Å². The molecule has 0 bridgehead atoms. The third-order valence-electron chi connectivity index (χ3n) is 4.36. The van der Waals surface area contributed by atoms with E-state index in [1.807, 2.05) is 6.92 Å². The number of carbonyl (C=O) groups excluding carboxylic acids is 1. The number of carbonyl (C=O) groups is 1. The quantitative estimate of drug-likeness (QED) is 0.324. The first-order valence-corrected chi connectivity index (χ1v) is 12.0. The molecule has 1 heterocycles. The first kappa shape index (κ1) is 24.9. The van der Waals surface area contributed by atoms with Gasteiger partial charge in [-0.1, -0.05) is 17.7 Å². The fraction of sp³-hybridized carbons (Fsp3) is 0.190. The number of hydrogen-bond donors (Lipinski definition) is 4. The number of nitrogens with one attached hydrogen (secondary N) is 3. The molecule has 0 unspecified atom stereocenters. The predicted octanol–water partition coefficient (Wildman–Crippen LogP) is 3.17. The van der Waals surface area contributed by atoms with Gasteiger partial charge in [0, 0.05) is 17.8 Å². The molecule has 1 amide bonds. The van der Waals surface area contributed by atoms with Crippen molar-refractivity contribution in [3.05, 3.63) is 53.2 Å². The van der Waals surface area contributed by atoms with Crippen LogP contribution >= 0.6 is 11.6 Å². The standard InChI is InChI=1S/C21H23ClN6O5S/c1-12-4-5-14(33-11-19(23)29)9-17(12)26-21-24-10-15(22)20(27-21)25-16-7-6-13(32-2)8-18(16)28-34(3,30)31/h4-10,28H,11H2,1-3H3,(H2,23,29)(H2,24,25,26,27). The molecule has 0 aliphatic carbocycles. The maximum absolute atomic E-state index is 11.8.